The van der Waals surface area contributed by atoms with Crippen LogP contribution in [-0.4, -0.2) is 33.1 Å². The molecule has 92 valence electrons. The van der Waals surface area contributed by atoms with Gasteiger partial charge in [0.1, 0.15) is 11.5 Å². The molecular weight excluding hydrogens is 224 g/mol. The highest BCUT2D eigenvalue weighted by molar-refractivity contribution is 5.85. The zero-order valence-corrected chi connectivity index (χ0v) is 9.98. The van der Waals surface area contributed by atoms with Crippen LogP contribution < -0.4 is 9.47 Å². The third kappa shape index (κ3) is 2.96. The Labute approximate surface area is 99.3 Å². The lowest BCUT2D eigenvalue weighted by Gasteiger charge is -2.12. The van der Waals surface area contributed by atoms with Crippen LogP contribution in [0.3, 0.4) is 0 Å². The van der Waals surface area contributed by atoms with Crippen molar-refractivity contribution in [2.24, 2.45) is 0 Å². The molecule has 0 aliphatic heterocycles. The molecule has 0 aliphatic carbocycles. The Hall–Kier alpha value is -2.04. The lowest BCUT2D eigenvalue weighted by Crippen LogP contribution is -2.13. The molecule has 5 nitrogen and oxygen atoms in total. The van der Waals surface area contributed by atoms with Gasteiger partial charge in [-0.3, -0.25) is 4.79 Å². The summed E-state index contributed by atoms with van der Waals surface area (Å²) in [5.74, 6) is 0.233. The van der Waals surface area contributed by atoms with Gasteiger partial charge < -0.3 is 14.2 Å². The van der Waals surface area contributed by atoms with Gasteiger partial charge in [-0.25, -0.2) is 4.79 Å². The molecular formula is C12H14O5. The van der Waals surface area contributed by atoms with Gasteiger partial charge in [-0.05, 0) is 18.6 Å². The van der Waals surface area contributed by atoms with Crippen LogP contribution >= 0.6 is 0 Å². The molecule has 1 rings (SSSR count). The number of benzene rings is 1. The van der Waals surface area contributed by atoms with Crippen molar-refractivity contribution in [2.75, 3.05) is 20.8 Å². The summed E-state index contributed by atoms with van der Waals surface area (Å²) in [5, 5.41) is 0. The second-order valence-electron chi connectivity index (χ2n) is 3.31. The van der Waals surface area contributed by atoms with Gasteiger partial charge in [0.25, 0.3) is 0 Å². The van der Waals surface area contributed by atoms with E-state index in [9.17, 15) is 9.59 Å². The van der Waals surface area contributed by atoms with Crippen molar-refractivity contribution >= 4 is 12.3 Å². The third-order valence-corrected chi connectivity index (χ3v) is 2.25. The summed E-state index contributed by atoms with van der Waals surface area (Å²) in [4.78, 5) is 21.9. The maximum Gasteiger partial charge on any atom is 0.343 e. The number of rotatable bonds is 5. The monoisotopic (exact) mass is 238 g/mol. The molecule has 0 amide bonds. The first-order valence-corrected chi connectivity index (χ1v) is 4.96. The number of hydrogen-bond donors (Lipinski definition) is 0. The van der Waals surface area contributed by atoms with Crippen LogP contribution in [0.1, 0.15) is 15.9 Å². The highest BCUT2D eigenvalue weighted by Gasteiger charge is 2.13. The van der Waals surface area contributed by atoms with E-state index in [2.05, 4.69) is 4.74 Å². The first-order chi connectivity index (χ1) is 8.13. The van der Waals surface area contributed by atoms with E-state index in [4.69, 9.17) is 9.47 Å². The van der Waals surface area contributed by atoms with Crippen LogP contribution in [0.5, 0.6) is 11.5 Å². The van der Waals surface area contributed by atoms with Gasteiger partial charge in [0.2, 0.25) is 0 Å². The second-order valence-corrected chi connectivity index (χ2v) is 3.31. The topological polar surface area (TPSA) is 61.8 Å². The quantitative estimate of drug-likeness (QED) is 0.572. The van der Waals surface area contributed by atoms with Crippen molar-refractivity contribution in [1.29, 1.82) is 0 Å². The fourth-order valence-corrected chi connectivity index (χ4v) is 1.39. The fourth-order valence-electron chi connectivity index (χ4n) is 1.39. The molecule has 0 bridgehead atoms. The van der Waals surface area contributed by atoms with Crippen LogP contribution in [0, 0.1) is 6.92 Å². The standard InChI is InChI=1S/C12H14O5/c1-8-4-5-10(17-7-11(14)15-2)9(6-13)12(8)16-3/h4-6H,7H2,1-3H3. The molecule has 5 heteroatoms. The van der Waals surface area contributed by atoms with E-state index in [1.54, 1.807) is 12.1 Å². The van der Waals surface area contributed by atoms with Crippen molar-refractivity contribution < 1.29 is 23.8 Å². The number of methoxy groups -OCH3 is 2. The Kier molecular flexibility index (Phi) is 4.51. The van der Waals surface area contributed by atoms with Crippen LogP contribution in [0.15, 0.2) is 12.1 Å². The first kappa shape index (κ1) is 13.0. The molecule has 17 heavy (non-hydrogen) atoms. The molecule has 0 aromatic heterocycles. The van der Waals surface area contributed by atoms with Gasteiger partial charge in [0, 0.05) is 0 Å². The number of ether oxygens (including phenoxy) is 3. The van der Waals surface area contributed by atoms with Gasteiger partial charge in [0.05, 0.1) is 19.8 Å². The molecule has 0 spiro atoms. The molecule has 0 aliphatic rings. The molecule has 1 aromatic carbocycles. The fraction of sp³-hybridized carbons (Fsp3) is 0.333. The molecule has 0 fully saturated rings. The summed E-state index contributed by atoms with van der Waals surface area (Å²) in [7, 11) is 2.74. The van der Waals surface area contributed by atoms with Crippen LogP contribution in [0.25, 0.3) is 0 Å². The number of carbonyl (C=O) groups excluding carboxylic acids is 2. The van der Waals surface area contributed by atoms with Crippen molar-refractivity contribution in [3.8, 4) is 11.5 Å². The maximum absolute atomic E-state index is 11.0. The largest absolute Gasteiger partial charge is 0.496 e. The third-order valence-electron chi connectivity index (χ3n) is 2.25. The Bertz CT molecular complexity index is 425. The van der Waals surface area contributed by atoms with Crippen LogP contribution in [0.2, 0.25) is 0 Å². The van der Waals surface area contributed by atoms with E-state index >= 15 is 0 Å². The first-order valence-electron chi connectivity index (χ1n) is 4.96. The smallest absolute Gasteiger partial charge is 0.343 e. The van der Waals surface area contributed by atoms with Gasteiger partial charge in [-0.15, -0.1) is 0 Å². The predicted octanol–water partition coefficient (Wildman–Crippen LogP) is 1.37. The average molecular weight is 238 g/mol. The highest BCUT2D eigenvalue weighted by Crippen LogP contribution is 2.30. The van der Waals surface area contributed by atoms with E-state index in [-0.39, 0.29) is 12.2 Å². The van der Waals surface area contributed by atoms with Crippen molar-refractivity contribution in [1.82, 2.24) is 0 Å². The number of carbonyl (C=O) groups is 2. The Balaban J connectivity index is 2.99. The van der Waals surface area contributed by atoms with E-state index < -0.39 is 5.97 Å². The normalized spacial score (nSPS) is 9.59. The average Bonchev–Trinajstić information content (AvgIpc) is 2.36. The highest BCUT2D eigenvalue weighted by atomic mass is 16.6. The van der Waals surface area contributed by atoms with Crippen LogP contribution in [0.4, 0.5) is 0 Å². The lowest BCUT2D eigenvalue weighted by atomic mass is 10.1. The second kappa shape index (κ2) is 5.89. The van der Waals surface area contributed by atoms with E-state index in [0.29, 0.717) is 17.8 Å². The zero-order chi connectivity index (χ0) is 12.8. The SMILES string of the molecule is COC(=O)COc1ccc(C)c(OC)c1C=O. The van der Waals surface area contributed by atoms with Crippen molar-refractivity contribution in [2.45, 2.75) is 6.92 Å². The molecule has 0 heterocycles. The molecule has 0 radical (unpaired) electrons. The van der Waals surface area contributed by atoms with Gasteiger partial charge >= 0.3 is 5.97 Å². The number of aryl methyl sites for hydroxylation is 1. The van der Waals surface area contributed by atoms with E-state index in [1.807, 2.05) is 6.92 Å². The minimum atomic E-state index is -0.513. The predicted molar refractivity (Wildman–Crippen MR) is 60.6 cm³/mol. The molecule has 0 atom stereocenters. The number of hydrogen-bond acceptors (Lipinski definition) is 5. The number of aldehydes is 1. The number of esters is 1. The van der Waals surface area contributed by atoms with Crippen molar-refractivity contribution in [3.63, 3.8) is 0 Å². The van der Waals surface area contributed by atoms with E-state index in [1.165, 1.54) is 14.2 Å². The molecule has 0 saturated carbocycles. The van der Waals surface area contributed by atoms with Gasteiger partial charge in [-0.2, -0.15) is 0 Å². The molecule has 0 N–H and O–H groups in total. The molecule has 0 saturated heterocycles. The summed E-state index contributed by atoms with van der Waals surface area (Å²) in [6.45, 7) is 1.57. The maximum atomic E-state index is 11.0. The molecule has 0 unspecified atom stereocenters. The molecule has 1 aromatic rings. The summed E-state index contributed by atoms with van der Waals surface area (Å²) in [5.41, 5.74) is 1.11. The summed E-state index contributed by atoms with van der Waals surface area (Å²) < 4.78 is 14.7. The Morgan fingerprint density at radius 3 is 2.59 bits per heavy atom. The summed E-state index contributed by atoms with van der Waals surface area (Å²) in [6, 6.07) is 3.36. The van der Waals surface area contributed by atoms with Crippen LogP contribution in [-0.2, 0) is 9.53 Å². The lowest BCUT2D eigenvalue weighted by molar-refractivity contribution is -0.142. The van der Waals surface area contributed by atoms with Crippen molar-refractivity contribution in [3.05, 3.63) is 23.3 Å². The Morgan fingerprint density at radius 2 is 2.06 bits per heavy atom. The zero-order valence-electron chi connectivity index (χ0n) is 9.98. The van der Waals surface area contributed by atoms with E-state index in [0.717, 1.165) is 5.56 Å². The summed E-state index contributed by atoms with van der Waals surface area (Å²) >= 11 is 0. The van der Waals surface area contributed by atoms with Gasteiger partial charge in [-0.1, -0.05) is 6.07 Å². The minimum Gasteiger partial charge on any atom is -0.496 e. The Morgan fingerprint density at radius 1 is 1.35 bits per heavy atom. The minimum absolute atomic E-state index is 0.246. The summed E-state index contributed by atoms with van der Waals surface area (Å²) in [6.07, 6.45) is 0.637. The van der Waals surface area contributed by atoms with Gasteiger partial charge in [0.15, 0.2) is 12.9 Å².